The quantitative estimate of drug-likeness (QED) is 0.712. The summed E-state index contributed by atoms with van der Waals surface area (Å²) in [6.45, 7) is 5.05. The lowest BCUT2D eigenvalue weighted by Crippen LogP contribution is -2.09. The molecule has 0 spiro atoms. The summed E-state index contributed by atoms with van der Waals surface area (Å²) in [5, 5.41) is 5.29. The van der Waals surface area contributed by atoms with Crippen molar-refractivity contribution in [1.29, 1.82) is 0 Å². The first-order valence-corrected chi connectivity index (χ1v) is 8.26. The third-order valence-electron chi connectivity index (χ3n) is 3.76. The summed E-state index contributed by atoms with van der Waals surface area (Å²) in [5.74, 6) is 2.09. The normalized spacial score (nSPS) is 11.1. The first-order valence-electron chi connectivity index (χ1n) is 7.88. The van der Waals surface area contributed by atoms with Crippen LogP contribution in [-0.2, 0) is 6.42 Å². The predicted octanol–water partition coefficient (Wildman–Crippen LogP) is 5.06. The van der Waals surface area contributed by atoms with Crippen LogP contribution in [0.3, 0.4) is 0 Å². The van der Waals surface area contributed by atoms with Gasteiger partial charge in [-0.25, -0.2) is 9.97 Å². The van der Waals surface area contributed by atoms with E-state index in [1.54, 1.807) is 0 Å². The van der Waals surface area contributed by atoms with Crippen LogP contribution in [0.25, 0.3) is 10.9 Å². The standard InChI is InChI=1S/C19H20ClN3/c1-13(2)18-22-17-6-4-3-5-16(17)19(23-18)21-12-11-14-7-9-15(20)10-8-14/h3-10,13H,11-12H2,1-2H3,(H,21,22,23). The second kappa shape index (κ2) is 6.97. The van der Waals surface area contributed by atoms with Crippen LogP contribution >= 0.6 is 11.6 Å². The van der Waals surface area contributed by atoms with E-state index in [0.717, 1.165) is 40.5 Å². The molecule has 0 aliphatic carbocycles. The van der Waals surface area contributed by atoms with Crippen molar-refractivity contribution in [3.05, 3.63) is 64.9 Å². The zero-order valence-electron chi connectivity index (χ0n) is 13.4. The van der Waals surface area contributed by atoms with Crippen LogP contribution in [0.5, 0.6) is 0 Å². The highest BCUT2D eigenvalue weighted by Gasteiger charge is 2.09. The van der Waals surface area contributed by atoms with Crippen LogP contribution < -0.4 is 5.32 Å². The molecular formula is C19H20ClN3. The maximum atomic E-state index is 5.92. The van der Waals surface area contributed by atoms with E-state index in [4.69, 9.17) is 16.6 Å². The number of fused-ring (bicyclic) bond motifs is 1. The molecule has 0 unspecified atom stereocenters. The Balaban J connectivity index is 1.79. The molecule has 0 aliphatic heterocycles. The molecule has 1 N–H and O–H groups in total. The van der Waals surface area contributed by atoms with E-state index in [0.29, 0.717) is 5.92 Å². The van der Waals surface area contributed by atoms with Crippen molar-refractivity contribution in [2.75, 3.05) is 11.9 Å². The van der Waals surface area contributed by atoms with Crippen molar-refractivity contribution in [3.63, 3.8) is 0 Å². The van der Waals surface area contributed by atoms with Crippen LogP contribution in [0.15, 0.2) is 48.5 Å². The summed E-state index contributed by atoms with van der Waals surface area (Å²) >= 11 is 5.92. The van der Waals surface area contributed by atoms with E-state index in [9.17, 15) is 0 Å². The fourth-order valence-electron chi connectivity index (χ4n) is 2.46. The molecule has 23 heavy (non-hydrogen) atoms. The molecule has 0 atom stereocenters. The van der Waals surface area contributed by atoms with Gasteiger partial charge in [0.1, 0.15) is 11.6 Å². The van der Waals surface area contributed by atoms with Crippen LogP contribution in [0.1, 0.15) is 31.2 Å². The number of rotatable bonds is 5. The second-order valence-corrected chi connectivity index (χ2v) is 6.34. The monoisotopic (exact) mass is 325 g/mol. The van der Waals surface area contributed by atoms with Crippen molar-refractivity contribution in [3.8, 4) is 0 Å². The lowest BCUT2D eigenvalue weighted by Gasteiger charge is -2.12. The Labute approximate surface area is 141 Å². The number of benzene rings is 2. The van der Waals surface area contributed by atoms with Crippen LogP contribution in [-0.4, -0.2) is 16.5 Å². The van der Waals surface area contributed by atoms with E-state index >= 15 is 0 Å². The zero-order chi connectivity index (χ0) is 16.2. The SMILES string of the molecule is CC(C)c1nc(NCCc2ccc(Cl)cc2)c2ccccc2n1. The van der Waals surface area contributed by atoms with Gasteiger partial charge in [0.15, 0.2) is 0 Å². The zero-order valence-corrected chi connectivity index (χ0v) is 14.1. The van der Waals surface area contributed by atoms with Crippen LogP contribution in [0.4, 0.5) is 5.82 Å². The molecule has 0 saturated carbocycles. The number of anilines is 1. The number of halogens is 1. The van der Waals surface area contributed by atoms with Crippen molar-refractivity contribution in [2.45, 2.75) is 26.2 Å². The van der Waals surface area contributed by atoms with Gasteiger partial charge in [-0.2, -0.15) is 0 Å². The molecule has 0 bridgehead atoms. The molecule has 3 aromatic rings. The Morgan fingerprint density at radius 1 is 1.00 bits per heavy atom. The molecule has 3 rings (SSSR count). The molecule has 4 heteroatoms. The van der Waals surface area contributed by atoms with Gasteiger partial charge < -0.3 is 5.32 Å². The summed E-state index contributed by atoms with van der Waals surface area (Å²) < 4.78 is 0. The van der Waals surface area contributed by atoms with Crippen molar-refractivity contribution >= 4 is 28.3 Å². The van der Waals surface area contributed by atoms with Gasteiger partial charge >= 0.3 is 0 Å². The van der Waals surface area contributed by atoms with Crippen molar-refractivity contribution < 1.29 is 0 Å². The summed E-state index contributed by atoms with van der Waals surface area (Å²) in [6.07, 6.45) is 0.923. The Bertz CT molecular complexity index is 797. The largest absolute Gasteiger partial charge is 0.369 e. The summed E-state index contributed by atoms with van der Waals surface area (Å²) in [5.41, 5.74) is 2.24. The van der Waals surface area contributed by atoms with Crippen LogP contribution in [0, 0.1) is 0 Å². The average Bonchev–Trinajstić information content (AvgIpc) is 2.56. The lowest BCUT2D eigenvalue weighted by atomic mass is 10.1. The first-order chi connectivity index (χ1) is 11.1. The predicted molar refractivity (Wildman–Crippen MR) is 97.3 cm³/mol. The van der Waals surface area contributed by atoms with Gasteiger partial charge in [0, 0.05) is 22.9 Å². The smallest absolute Gasteiger partial charge is 0.137 e. The molecule has 3 nitrogen and oxygen atoms in total. The minimum atomic E-state index is 0.302. The Morgan fingerprint density at radius 2 is 1.74 bits per heavy atom. The number of nitrogens with one attached hydrogen (secondary N) is 1. The average molecular weight is 326 g/mol. The van der Waals surface area contributed by atoms with E-state index < -0.39 is 0 Å². The maximum absolute atomic E-state index is 5.92. The maximum Gasteiger partial charge on any atom is 0.137 e. The minimum absolute atomic E-state index is 0.302. The number of nitrogens with zero attached hydrogens (tertiary/aromatic N) is 2. The highest BCUT2D eigenvalue weighted by molar-refractivity contribution is 6.30. The molecule has 2 aromatic carbocycles. The van der Waals surface area contributed by atoms with E-state index in [1.165, 1.54) is 5.56 Å². The molecule has 0 radical (unpaired) electrons. The molecular weight excluding hydrogens is 306 g/mol. The Kier molecular flexibility index (Phi) is 4.77. The van der Waals surface area contributed by atoms with E-state index in [-0.39, 0.29) is 0 Å². The van der Waals surface area contributed by atoms with Crippen molar-refractivity contribution in [2.24, 2.45) is 0 Å². The van der Waals surface area contributed by atoms with Crippen LogP contribution in [0.2, 0.25) is 5.02 Å². The number of para-hydroxylation sites is 1. The molecule has 118 valence electrons. The van der Waals surface area contributed by atoms with Gasteiger partial charge in [0.2, 0.25) is 0 Å². The first kappa shape index (κ1) is 15.8. The molecule has 0 saturated heterocycles. The molecule has 0 aliphatic rings. The van der Waals surface area contributed by atoms with E-state index in [1.807, 2.05) is 30.3 Å². The van der Waals surface area contributed by atoms with E-state index in [2.05, 4.69) is 42.3 Å². The number of hydrogen-bond donors (Lipinski definition) is 1. The second-order valence-electron chi connectivity index (χ2n) is 5.91. The Hall–Kier alpha value is -2.13. The van der Waals surface area contributed by atoms with Gasteiger partial charge in [0.05, 0.1) is 5.52 Å². The topological polar surface area (TPSA) is 37.8 Å². The lowest BCUT2D eigenvalue weighted by molar-refractivity contribution is 0.783. The number of aromatic nitrogens is 2. The fourth-order valence-corrected chi connectivity index (χ4v) is 2.59. The Morgan fingerprint density at radius 3 is 2.48 bits per heavy atom. The van der Waals surface area contributed by atoms with Gasteiger partial charge in [-0.3, -0.25) is 0 Å². The highest BCUT2D eigenvalue weighted by Crippen LogP contribution is 2.23. The summed E-state index contributed by atoms with van der Waals surface area (Å²) in [6, 6.07) is 16.1. The van der Waals surface area contributed by atoms with Gasteiger partial charge in [-0.05, 0) is 36.2 Å². The molecule has 1 aromatic heterocycles. The molecule has 1 heterocycles. The summed E-state index contributed by atoms with van der Waals surface area (Å²) in [4.78, 5) is 9.35. The minimum Gasteiger partial charge on any atom is -0.369 e. The number of hydrogen-bond acceptors (Lipinski definition) is 3. The third-order valence-corrected chi connectivity index (χ3v) is 4.01. The van der Waals surface area contributed by atoms with Gasteiger partial charge in [-0.15, -0.1) is 0 Å². The van der Waals surface area contributed by atoms with Gasteiger partial charge in [-0.1, -0.05) is 49.7 Å². The third kappa shape index (κ3) is 3.80. The molecule has 0 amide bonds. The van der Waals surface area contributed by atoms with Gasteiger partial charge in [0.25, 0.3) is 0 Å². The molecule has 0 fully saturated rings. The summed E-state index contributed by atoms with van der Waals surface area (Å²) in [7, 11) is 0. The fraction of sp³-hybridized carbons (Fsp3) is 0.263. The highest BCUT2D eigenvalue weighted by atomic mass is 35.5. The van der Waals surface area contributed by atoms with Crippen molar-refractivity contribution in [1.82, 2.24) is 9.97 Å².